The first-order valence-corrected chi connectivity index (χ1v) is 11.9. The Morgan fingerprint density at radius 1 is 1.25 bits per heavy atom. The van der Waals surface area contributed by atoms with Gasteiger partial charge in [-0.1, -0.05) is 29.3 Å². The van der Waals surface area contributed by atoms with Gasteiger partial charge in [-0.3, -0.25) is 24.6 Å². The van der Waals surface area contributed by atoms with Gasteiger partial charge in [0.25, 0.3) is 0 Å². The molecule has 3 heterocycles. The number of unbranched alkanes of at least 4 members (excludes halogenated alkanes) is 1. The summed E-state index contributed by atoms with van der Waals surface area (Å²) in [6, 6.07) is 5.40. The van der Waals surface area contributed by atoms with Gasteiger partial charge in [0, 0.05) is 28.3 Å². The van der Waals surface area contributed by atoms with Crippen LogP contribution < -0.4 is 10.6 Å². The number of amides is 3. The van der Waals surface area contributed by atoms with Gasteiger partial charge < -0.3 is 5.32 Å². The van der Waals surface area contributed by atoms with E-state index in [0.717, 1.165) is 35.1 Å². The van der Waals surface area contributed by atoms with E-state index >= 15 is 0 Å². The fraction of sp³-hybridized carbons (Fsp3) is 0.550. The average molecular weight is 466 g/mol. The number of thioether (sulfide) groups is 1. The minimum atomic E-state index is -1.18. The van der Waals surface area contributed by atoms with Crippen LogP contribution in [0.2, 0.25) is 0 Å². The van der Waals surface area contributed by atoms with Gasteiger partial charge in [0.1, 0.15) is 5.54 Å². The molecule has 1 spiro atoms. The van der Waals surface area contributed by atoms with Crippen LogP contribution in [0.15, 0.2) is 22.7 Å². The van der Waals surface area contributed by atoms with Gasteiger partial charge in [-0.2, -0.15) is 11.8 Å². The van der Waals surface area contributed by atoms with Crippen molar-refractivity contribution in [3.8, 4) is 0 Å². The molecular formula is C20H24BrN3O3S. The molecule has 3 aliphatic heterocycles. The number of hydrogen-bond donors (Lipinski definition) is 2. The molecule has 4 rings (SSSR count). The summed E-state index contributed by atoms with van der Waals surface area (Å²) in [5.41, 5.74) is 0.282. The van der Waals surface area contributed by atoms with E-state index in [0.29, 0.717) is 12.2 Å². The van der Waals surface area contributed by atoms with Crippen molar-refractivity contribution in [3.63, 3.8) is 0 Å². The van der Waals surface area contributed by atoms with Gasteiger partial charge in [-0.15, -0.1) is 0 Å². The monoisotopic (exact) mass is 465 g/mol. The first-order chi connectivity index (χ1) is 13.5. The summed E-state index contributed by atoms with van der Waals surface area (Å²) in [6.07, 6.45) is 4.44. The second-order valence-corrected chi connectivity index (χ2v) is 9.57. The van der Waals surface area contributed by atoms with Gasteiger partial charge in [-0.25, -0.2) is 0 Å². The van der Waals surface area contributed by atoms with Crippen molar-refractivity contribution >= 4 is 51.1 Å². The largest absolute Gasteiger partial charge is 0.324 e. The van der Waals surface area contributed by atoms with Crippen molar-refractivity contribution < 1.29 is 14.4 Å². The summed E-state index contributed by atoms with van der Waals surface area (Å²) in [6.45, 7) is 2.47. The Bertz CT molecular complexity index is 848. The molecule has 1 aromatic carbocycles. The lowest BCUT2D eigenvalue weighted by Crippen LogP contribution is -2.53. The molecule has 3 amide bonds. The van der Waals surface area contributed by atoms with Crippen LogP contribution in [-0.2, 0) is 19.9 Å². The Balaban J connectivity index is 1.81. The van der Waals surface area contributed by atoms with E-state index in [1.807, 2.05) is 31.4 Å². The zero-order valence-electron chi connectivity index (χ0n) is 16.0. The molecule has 2 saturated heterocycles. The molecule has 6 nitrogen and oxygen atoms in total. The highest BCUT2D eigenvalue weighted by Gasteiger charge is 2.70. The number of hydrogen-bond acceptors (Lipinski definition) is 5. The Hall–Kier alpha value is -1.38. The molecule has 0 saturated carbocycles. The third-order valence-electron chi connectivity index (χ3n) is 6.14. The van der Waals surface area contributed by atoms with Crippen molar-refractivity contribution in [2.75, 3.05) is 23.9 Å². The first kappa shape index (κ1) is 19.9. The minimum absolute atomic E-state index is 0.129. The molecular weight excluding hydrogens is 442 g/mol. The highest BCUT2D eigenvalue weighted by atomic mass is 79.9. The van der Waals surface area contributed by atoms with E-state index in [9.17, 15) is 14.4 Å². The van der Waals surface area contributed by atoms with Crippen LogP contribution in [0.1, 0.15) is 31.7 Å². The molecule has 3 aliphatic rings. The maximum Gasteiger partial charge on any atom is 0.250 e. The van der Waals surface area contributed by atoms with E-state index in [2.05, 4.69) is 26.6 Å². The molecule has 0 unspecified atom stereocenters. The van der Waals surface area contributed by atoms with E-state index in [1.165, 1.54) is 4.90 Å². The van der Waals surface area contributed by atoms with Crippen molar-refractivity contribution in [3.05, 3.63) is 28.2 Å². The zero-order chi connectivity index (χ0) is 20.1. The van der Waals surface area contributed by atoms with E-state index < -0.39 is 17.4 Å². The fourth-order valence-corrected chi connectivity index (χ4v) is 5.71. The molecule has 0 radical (unpaired) electrons. The molecule has 2 N–H and O–H groups in total. The predicted octanol–water partition coefficient (Wildman–Crippen LogP) is 2.72. The standard InChI is InChI=1S/C20H24BrN3O3S/c1-3-4-8-24-17(25)15-14(7-9-28-2)23-20(16(15)18(24)26)12-10-11(21)5-6-13(12)22-19(20)27/h5-6,10,14-16,23H,3-4,7-9H2,1-2H3,(H,22,27)/t14-,15-,16-,20+/m0/s1. The maximum absolute atomic E-state index is 13.4. The lowest BCUT2D eigenvalue weighted by atomic mass is 9.76. The second-order valence-electron chi connectivity index (χ2n) is 7.67. The van der Waals surface area contributed by atoms with Crippen molar-refractivity contribution in [1.29, 1.82) is 0 Å². The SMILES string of the molecule is CCCCN1C(=O)[C@H]2[C@H](CCSC)N[C@@]3(C(=O)Nc4ccc(Br)cc43)[C@@H]2C1=O. The number of imide groups is 1. The van der Waals surface area contributed by atoms with Crippen LogP contribution in [-0.4, -0.2) is 47.2 Å². The van der Waals surface area contributed by atoms with Crippen LogP contribution in [0.3, 0.4) is 0 Å². The zero-order valence-corrected chi connectivity index (χ0v) is 18.4. The summed E-state index contributed by atoms with van der Waals surface area (Å²) < 4.78 is 0.840. The number of carbonyl (C=O) groups excluding carboxylic acids is 3. The third-order valence-corrected chi connectivity index (χ3v) is 7.27. The molecule has 4 atom stereocenters. The average Bonchev–Trinajstić information content (AvgIpc) is 3.24. The first-order valence-electron chi connectivity index (χ1n) is 9.69. The third kappa shape index (κ3) is 2.75. The Kier molecular flexibility index (Phi) is 5.31. The van der Waals surface area contributed by atoms with Gasteiger partial charge in [0.2, 0.25) is 17.7 Å². The molecule has 0 aliphatic carbocycles. The van der Waals surface area contributed by atoms with Crippen molar-refractivity contribution in [2.24, 2.45) is 11.8 Å². The summed E-state index contributed by atoms with van der Waals surface area (Å²) in [7, 11) is 0. The summed E-state index contributed by atoms with van der Waals surface area (Å²) in [4.78, 5) is 41.2. The molecule has 8 heteroatoms. The quantitative estimate of drug-likeness (QED) is 0.631. The predicted molar refractivity (Wildman–Crippen MR) is 113 cm³/mol. The van der Waals surface area contributed by atoms with Crippen LogP contribution in [0.4, 0.5) is 5.69 Å². The van der Waals surface area contributed by atoms with Crippen molar-refractivity contribution in [2.45, 2.75) is 37.8 Å². The highest BCUT2D eigenvalue weighted by Crippen LogP contribution is 2.53. The molecule has 28 heavy (non-hydrogen) atoms. The maximum atomic E-state index is 13.4. The van der Waals surface area contributed by atoms with Crippen LogP contribution in [0.5, 0.6) is 0 Å². The van der Waals surface area contributed by atoms with E-state index in [-0.39, 0.29) is 23.8 Å². The summed E-state index contributed by atoms with van der Waals surface area (Å²) >= 11 is 5.19. The lowest BCUT2D eigenvalue weighted by Gasteiger charge is -2.29. The molecule has 2 fully saturated rings. The molecule has 0 bridgehead atoms. The number of anilines is 1. The summed E-state index contributed by atoms with van der Waals surface area (Å²) in [5, 5.41) is 6.39. The normalized spacial score (nSPS) is 30.9. The number of benzene rings is 1. The van der Waals surface area contributed by atoms with Crippen LogP contribution >= 0.6 is 27.7 Å². The highest BCUT2D eigenvalue weighted by molar-refractivity contribution is 9.10. The molecule has 0 aromatic heterocycles. The molecule has 1 aromatic rings. The van der Waals surface area contributed by atoms with E-state index in [1.54, 1.807) is 11.8 Å². The minimum Gasteiger partial charge on any atom is -0.324 e. The second kappa shape index (κ2) is 7.46. The topological polar surface area (TPSA) is 78.5 Å². The van der Waals surface area contributed by atoms with Gasteiger partial charge in [0.05, 0.1) is 11.8 Å². The number of halogens is 1. The number of carbonyl (C=O) groups is 3. The fourth-order valence-electron chi connectivity index (χ4n) is 4.86. The van der Waals surface area contributed by atoms with Gasteiger partial charge >= 0.3 is 0 Å². The number of rotatable bonds is 6. The van der Waals surface area contributed by atoms with Crippen molar-refractivity contribution in [1.82, 2.24) is 10.2 Å². The number of nitrogens with one attached hydrogen (secondary N) is 2. The van der Waals surface area contributed by atoms with Gasteiger partial charge in [-0.05, 0) is 43.0 Å². The summed E-state index contributed by atoms with van der Waals surface area (Å²) in [5.74, 6) is -0.909. The Morgan fingerprint density at radius 3 is 2.75 bits per heavy atom. The van der Waals surface area contributed by atoms with Gasteiger partial charge in [0.15, 0.2) is 0 Å². The number of nitrogens with zero attached hydrogens (tertiary/aromatic N) is 1. The smallest absolute Gasteiger partial charge is 0.250 e. The number of fused-ring (bicyclic) bond motifs is 4. The Morgan fingerprint density at radius 2 is 2.04 bits per heavy atom. The lowest BCUT2D eigenvalue weighted by molar-refractivity contribution is -0.142. The van der Waals surface area contributed by atoms with Crippen LogP contribution in [0.25, 0.3) is 0 Å². The molecule has 150 valence electrons. The number of likely N-dealkylation sites (tertiary alicyclic amines) is 1. The Labute approximate surface area is 177 Å². The van der Waals surface area contributed by atoms with E-state index in [4.69, 9.17) is 0 Å². The van der Waals surface area contributed by atoms with Crippen LogP contribution in [0, 0.1) is 11.8 Å².